The van der Waals surface area contributed by atoms with Gasteiger partial charge in [0.2, 0.25) is 0 Å². The predicted molar refractivity (Wildman–Crippen MR) is 62.6 cm³/mol. The minimum atomic E-state index is -0.0765. The lowest BCUT2D eigenvalue weighted by atomic mass is 10.2. The molecular weight excluding hydrogens is 218 g/mol. The number of hydrogen-bond donors (Lipinski definition) is 2. The molecule has 0 amide bonds. The van der Waals surface area contributed by atoms with Crippen LogP contribution in [0, 0.1) is 0 Å². The molecule has 0 unspecified atom stereocenters. The van der Waals surface area contributed by atoms with Gasteiger partial charge in [0.05, 0.1) is 18.5 Å². The summed E-state index contributed by atoms with van der Waals surface area (Å²) in [6.07, 6.45) is 1.56. The van der Waals surface area contributed by atoms with Crippen LogP contribution in [0.4, 0.5) is 0 Å². The van der Waals surface area contributed by atoms with Crippen LogP contribution in [0.5, 0.6) is 11.5 Å². The van der Waals surface area contributed by atoms with E-state index in [1.165, 1.54) is 0 Å². The standard InChI is InChI=1S/C13H13NO3/c15-8-11-4-5-13(7-14-11)17-9-10-2-1-3-12(16)6-10/h1-7,15-16H,8-9H2. The first kappa shape index (κ1) is 11.4. The van der Waals surface area contributed by atoms with E-state index in [4.69, 9.17) is 9.84 Å². The van der Waals surface area contributed by atoms with Gasteiger partial charge in [-0.2, -0.15) is 0 Å². The average molecular weight is 231 g/mol. The molecule has 0 bridgehead atoms. The molecule has 0 atom stereocenters. The Morgan fingerprint density at radius 3 is 2.71 bits per heavy atom. The van der Waals surface area contributed by atoms with E-state index in [1.54, 1.807) is 36.5 Å². The van der Waals surface area contributed by atoms with Crippen LogP contribution >= 0.6 is 0 Å². The van der Waals surface area contributed by atoms with Gasteiger partial charge < -0.3 is 14.9 Å². The molecule has 0 fully saturated rings. The summed E-state index contributed by atoms with van der Waals surface area (Å²) < 4.78 is 5.49. The fourth-order valence-electron chi connectivity index (χ4n) is 1.40. The average Bonchev–Trinajstić information content (AvgIpc) is 2.37. The molecule has 0 aliphatic heterocycles. The molecular formula is C13H13NO3. The normalized spacial score (nSPS) is 10.2. The Morgan fingerprint density at radius 2 is 2.06 bits per heavy atom. The first-order chi connectivity index (χ1) is 8.28. The maximum absolute atomic E-state index is 9.28. The minimum absolute atomic E-state index is 0.0765. The number of aromatic hydroxyl groups is 1. The van der Waals surface area contributed by atoms with Gasteiger partial charge in [0, 0.05) is 0 Å². The predicted octanol–water partition coefficient (Wildman–Crippen LogP) is 1.86. The number of ether oxygens (including phenoxy) is 1. The van der Waals surface area contributed by atoms with Crippen molar-refractivity contribution in [3.05, 3.63) is 53.9 Å². The van der Waals surface area contributed by atoms with Gasteiger partial charge in [-0.15, -0.1) is 0 Å². The third-order valence-corrected chi connectivity index (χ3v) is 2.28. The highest BCUT2D eigenvalue weighted by Gasteiger charge is 1.98. The second-order valence-electron chi connectivity index (χ2n) is 3.60. The quantitative estimate of drug-likeness (QED) is 0.843. The summed E-state index contributed by atoms with van der Waals surface area (Å²) in [4.78, 5) is 4.00. The molecule has 1 aromatic heterocycles. The van der Waals surface area contributed by atoms with Crippen molar-refractivity contribution < 1.29 is 14.9 Å². The van der Waals surface area contributed by atoms with Crippen LogP contribution in [-0.4, -0.2) is 15.2 Å². The van der Waals surface area contributed by atoms with Crippen molar-refractivity contribution in [1.29, 1.82) is 0 Å². The number of nitrogens with zero attached hydrogens (tertiary/aromatic N) is 1. The molecule has 0 radical (unpaired) electrons. The summed E-state index contributed by atoms with van der Waals surface area (Å²) in [6, 6.07) is 10.4. The third-order valence-electron chi connectivity index (χ3n) is 2.28. The Labute approximate surface area is 99.1 Å². The first-order valence-electron chi connectivity index (χ1n) is 5.24. The molecule has 0 saturated heterocycles. The Balaban J connectivity index is 1.97. The minimum Gasteiger partial charge on any atom is -0.508 e. The van der Waals surface area contributed by atoms with E-state index in [1.807, 2.05) is 6.07 Å². The molecule has 1 heterocycles. The van der Waals surface area contributed by atoms with Crippen molar-refractivity contribution in [2.45, 2.75) is 13.2 Å². The maximum atomic E-state index is 9.28. The molecule has 2 rings (SSSR count). The molecule has 0 aliphatic rings. The third kappa shape index (κ3) is 3.19. The van der Waals surface area contributed by atoms with Crippen molar-refractivity contribution in [2.24, 2.45) is 0 Å². The Bertz CT molecular complexity index is 482. The zero-order valence-electron chi connectivity index (χ0n) is 9.21. The summed E-state index contributed by atoms with van der Waals surface area (Å²) in [5.74, 6) is 0.852. The molecule has 2 aromatic rings. The molecule has 1 aromatic carbocycles. The van der Waals surface area contributed by atoms with Gasteiger partial charge >= 0.3 is 0 Å². The second-order valence-corrected chi connectivity index (χ2v) is 3.60. The van der Waals surface area contributed by atoms with Crippen LogP contribution < -0.4 is 4.74 Å². The van der Waals surface area contributed by atoms with Gasteiger partial charge in [-0.05, 0) is 29.8 Å². The largest absolute Gasteiger partial charge is 0.508 e. The van der Waals surface area contributed by atoms with Gasteiger partial charge in [0.1, 0.15) is 18.1 Å². The number of phenols is 1. The fourth-order valence-corrected chi connectivity index (χ4v) is 1.40. The van der Waals surface area contributed by atoms with Crippen molar-refractivity contribution in [3.8, 4) is 11.5 Å². The number of aromatic nitrogens is 1. The van der Waals surface area contributed by atoms with Crippen molar-refractivity contribution >= 4 is 0 Å². The summed E-state index contributed by atoms with van der Waals surface area (Å²) in [5, 5.41) is 18.1. The zero-order chi connectivity index (χ0) is 12.1. The molecule has 4 nitrogen and oxygen atoms in total. The Kier molecular flexibility index (Phi) is 3.57. The number of phenolic OH excluding ortho intramolecular Hbond substituents is 1. The molecule has 4 heteroatoms. The van der Waals surface area contributed by atoms with E-state index in [-0.39, 0.29) is 12.4 Å². The number of pyridine rings is 1. The SMILES string of the molecule is OCc1ccc(OCc2cccc(O)c2)cn1. The molecule has 0 aliphatic carbocycles. The van der Waals surface area contributed by atoms with Gasteiger partial charge in [-0.1, -0.05) is 12.1 Å². The lowest BCUT2D eigenvalue weighted by molar-refractivity contribution is 0.275. The monoisotopic (exact) mass is 231 g/mol. The van der Waals surface area contributed by atoms with E-state index in [0.29, 0.717) is 18.1 Å². The van der Waals surface area contributed by atoms with E-state index >= 15 is 0 Å². The molecule has 0 saturated carbocycles. The summed E-state index contributed by atoms with van der Waals surface area (Å²) >= 11 is 0. The zero-order valence-corrected chi connectivity index (χ0v) is 9.21. The first-order valence-corrected chi connectivity index (χ1v) is 5.24. The molecule has 88 valence electrons. The van der Waals surface area contributed by atoms with E-state index in [2.05, 4.69) is 4.98 Å². The van der Waals surface area contributed by atoms with Gasteiger partial charge in [-0.25, -0.2) is 0 Å². The van der Waals surface area contributed by atoms with Gasteiger partial charge in [-0.3, -0.25) is 4.98 Å². The molecule has 17 heavy (non-hydrogen) atoms. The smallest absolute Gasteiger partial charge is 0.138 e. The summed E-state index contributed by atoms with van der Waals surface area (Å²) in [6.45, 7) is 0.293. The number of rotatable bonds is 4. The maximum Gasteiger partial charge on any atom is 0.138 e. The number of aliphatic hydroxyl groups is 1. The van der Waals surface area contributed by atoms with Crippen LogP contribution in [0.2, 0.25) is 0 Å². The summed E-state index contributed by atoms with van der Waals surface area (Å²) in [7, 11) is 0. The van der Waals surface area contributed by atoms with Crippen molar-refractivity contribution in [2.75, 3.05) is 0 Å². The highest BCUT2D eigenvalue weighted by molar-refractivity contribution is 5.27. The van der Waals surface area contributed by atoms with Crippen LogP contribution in [-0.2, 0) is 13.2 Å². The Hall–Kier alpha value is -2.07. The van der Waals surface area contributed by atoms with Crippen molar-refractivity contribution in [3.63, 3.8) is 0 Å². The summed E-state index contributed by atoms with van der Waals surface area (Å²) in [5.41, 5.74) is 1.49. The fraction of sp³-hybridized carbons (Fsp3) is 0.154. The van der Waals surface area contributed by atoms with E-state index < -0.39 is 0 Å². The van der Waals surface area contributed by atoms with E-state index in [9.17, 15) is 5.11 Å². The van der Waals surface area contributed by atoms with Crippen LogP contribution in [0.3, 0.4) is 0 Å². The topological polar surface area (TPSA) is 62.6 Å². The number of aliphatic hydroxyl groups excluding tert-OH is 1. The molecule has 0 spiro atoms. The van der Waals surface area contributed by atoms with Crippen LogP contribution in [0.25, 0.3) is 0 Å². The second kappa shape index (κ2) is 5.32. The van der Waals surface area contributed by atoms with Gasteiger partial charge in [0.25, 0.3) is 0 Å². The highest BCUT2D eigenvalue weighted by atomic mass is 16.5. The number of benzene rings is 1. The van der Waals surface area contributed by atoms with Crippen molar-refractivity contribution in [1.82, 2.24) is 4.98 Å². The Morgan fingerprint density at radius 1 is 1.18 bits per heavy atom. The van der Waals surface area contributed by atoms with Gasteiger partial charge in [0.15, 0.2) is 0 Å². The van der Waals surface area contributed by atoms with Crippen LogP contribution in [0.1, 0.15) is 11.3 Å². The number of hydrogen-bond acceptors (Lipinski definition) is 4. The lowest BCUT2D eigenvalue weighted by Gasteiger charge is -2.06. The lowest BCUT2D eigenvalue weighted by Crippen LogP contribution is -1.96. The highest BCUT2D eigenvalue weighted by Crippen LogP contribution is 2.15. The van der Waals surface area contributed by atoms with E-state index in [0.717, 1.165) is 5.56 Å². The molecule has 2 N–H and O–H groups in total. The van der Waals surface area contributed by atoms with Crippen LogP contribution in [0.15, 0.2) is 42.6 Å².